The molecule has 0 bridgehead atoms. The Morgan fingerprint density at radius 3 is 2.11 bits per heavy atom. The summed E-state index contributed by atoms with van der Waals surface area (Å²) in [5.41, 5.74) is 2.16. The molecule has 188 valence electrons. The third-order valence-electron chi connectivity index (χ3n) is 6.98. The van der Waals surface area contributed by atoms with E-state index in [0.717, 1.165) is 42.6 Å². The maximum absolute atomic E-state index is 14.1. The van der Waals surface area contributed by atoms with Crippen molar-refractivity contribution in [3.8, 4) is 5.75 Å². The van der Waals surface area contributed by atoms with Crippen molar-refractivity contribution >= 4 is 28.9 Å². The van der Waals surface area contributed by atoms with Gasteiger partial charge in [0.15, 0.2) is 5.66 Å². The number of rotatable bonds is 7. The van der Waals surface area contributed by atoms with E-state index in [-0.39, 0.29) is 17.7 Å². The maximum atomic E-state index is 14.1. The summed E-state index contributed by atoms with van der Waals surface area (Å²) >= 11 is 6.20. The van der Waals surface area contributed by atoms with Crippen LogP contribution in [0.25, 0.3) is 0 Å². The van der Waals surface area contributed by atoms with Crippen molar-refractivity contribution < 1.29 is 18.3 Å². The van der Waals surface area contributed by atoms with Crippen LogP contribution in [0.2, 0.25) is 5.02 Å². The first-order chi connectivity index (χ1) is 17.4. The highest BCUT2D eigenvalue weighted by Crippen LogP contribution is 2.48. The van der Waals surface area contributed by atoms with Crippen LogP contribution in [0.5, 0.6) is 5.75 Å². The van der Waals surface area contributed by atoms with Crippen LogP contribution >= 0.6 is 11.6 Å². The Morgan fingerprint density at radius 2 is 1.53 bits per heavy atom. The summed E-state index contributed by atoms with van der Waals surface area (Å²) in [6.45, 7) is -2.92. The second-order valence-corrected chi connectivity index (χ2v) is 9.77. The Labute approximate surface area is 214 Å². The van der Waals surface area contributed by atoms with Gasteiger partial charge in [-0.05, 0) is 60.4 Å². The van der Waals surface area contributed by atoms with Gasteiger partial charge in [-0.15, -0.1) is 0 Å². The SMILES string of the molecule is O=C(NC1CCCCC1)C(c1ccc(OC(F)F)cc1)C1(c2ccc(Cl)cc2)Nc2ccccc2N1. The summed E-state index contributed by atoms with van der Waals surface area (Å²) in [6, 6.07) is 21.5. The number of amides is 1. The van der Waals surface area contributed by atoms with Crippen molar-refractivity contribution in [3.63, 3.8) is 0 Å². The fraction of sp³-hybridized carbons (Fsp3) is 0.321. The fourth-order valence-corrected chi connectivity index (χ4v) is 5.42. The molecule has 1 aliphatic heterocycles. The van der Waals surface area contributed by atoms with Gasteiger partial charge in [0, 0.05) is 11.1 Å². The van der Waals surface area contributed by atoms with Crippen molar-refractivity contribution in [2.24, 2.45) is 0 Å². The van der Waals surface area contributed by atoms with Gasteiger partial charge in [0.1, 0.15) is 11.7 Å². The van der Waals surface area contributed by atoms with Crippen molar-refractivity contribution in [3.05, 3.63) is 88.9 Å². The molecule has 1 unspecified atom stereocenters. The summed E-state index contributed by atoms with van der Waals surface area (Å²) in [6.07, 6.45) is 5.22. The number of carbonyl (C=O) groups excluding carboxylic acids is 1. The third-order valence-corrected chi connectivity index (χ3v) is 7.23. The normalized spacial score (nSPS) is 17.6. The van der Waals surface area contributed by atoms with Crippen LogP contribution in [-0.4, -0.2) is 18.6 Å². The van der Waals surface area contributed by atoms with Crippen LogP contribution in [0.3, 0.4) is 0 Å². The summed E-state index contributed by atoms with van der Waals surface area (Å²) in [7, 11) is 0. The monoisotopic (exact) mass is 511 g/mol. The number of hydrogen-bond donors (Lipinski definition) is 3. The highest BCUT2D eigenvalue weighted by molar-refractivity contribution is 6.30. The molecule has 0 radical (unpaired) electrons. The number of hydrogen-bond acceptors (Lipinski definition) is 4. The van der Waals surface area contributed by atoms with E-state index in [1.54, 1.807) is 24.3 Å². The van der Waals surface area contributed by atoms with E-state index >= 15 is 0 Å². The first-order valence-electron chi connectivity index (χ1n) is 12.2. The summed E-state index contributed by atoms with van der Waals surface area (Å²) in [5, 5.41) is 11.0. The molecule has 8 heteroatoms. The quantitative estimate of drug-likeness (QED) is 0.324. The smallest absolute Gasteiger partial charge is 0.387 e. The molecule has 1 saturated carbocycles. The molecular formula is C28H28ClF2N3O2. The minimum atomic E-state index is -2.92. The van der Waals surface area contributed by atoms with Crippen molar-refractivity contribution in [1.82, 2.24) is 5.32 Å². The number of para-hydroxylation sites is 2. The van der Waals surface area contributed by atoms with Gasteiger partial charge >= 0.3 is 6.61 Å². The van der Waals surface area contributed by atoms with Crippen LogP contribution in [0.15, 0.2) is 72.8 Å². The lowest BCUT2D eigenvalue weighted by molar-refractivity contribution is -0.124. The van der Waals surface area contributed by atoms with E-state index < -0.39 is 18.2 Å². The Morgan fingerprint density at radius 1 is 0.917 bits per heavy atom. The van der Waals surface area contributed by atoms with Gasteiger partial charge in [-0.25, -0.2) is 0 Å². The zero-order chi connectivity index (χ0) is 25.1. The van der Waals surface area contributed by atoms with Gasteiger partial charge < -0.3 is 20.7 Å². The molecule has 3 aromatic rings. The molecule has 3 aromatic carbocycles. The van der Waals surface area contributed by atoms with Crippen molar-refractivity contribution in [2.45, 2.75) is 56.3 Å². The van der Waals surface area contributed by atoms with Crippen LogP contribution < -0.4 is 20.7 Å². The largest absolute Gasteiger partial charge is 0.435 e. The summed E-state index contributed by atoms with van der Waals surface area (Å²) < 4.78 is 30.1. The first-order valence-corrected chi connectivity index (χ1v) is 12.6. The number of halogens is 3. The number of alkyl halides is 2. The standard InChI is InChI=1S/C28H28ClF2N3O2/c29-20-14-12-19(13-15-20)28(33-23-8-4-5-9-24(23)34-28)25(26(35)32-21-6-2-1-3-7-21)18-10-16-22(17-11-18)36-27(30)31/h4-5,8-17,21,25,27,33-34H,1-3,6-7H2,(H,32,35). The van der Waals surface area contributed by atoms with Crippen LogP contribution in [0, 0.1) is 0 Å². The highest BCUT2D eigenvalue weighted by Gasteiger charge is 2.49. The Kier molecular flexibility index (Phi) is 7.01. The van der Waals surface area contributed by atoms with Crippen LogP contribution in [0.4, 0.5) is 20.2 Å². The predicted octanol–water partition coefficient (Wildman–Crippen LogP) is 6.86. The number of carbonyl (C=O) groups is 1. The third kappa shape index (κ3) is 4.98. The Bertz CT molecular complexity index is 1170. The molecule has 1 heterocycles. The zero-order valence-electron chi connectivity index (χ0n) is 19.6. The van der Waals surface area contributed by atoms with E-state index in [9.17, 15) is 13.6 Å². The molecule has 0 saturated heterocycles. The molecule has 0 spiro atoms. The van der Waals surface area contributed by atoms with E-state index in [2.05, 4.69) is 20.7 Å². The minimum absolute atomic E-state index is 0.0383. The van der Waals surface area contributed by atoms with E-state index in [4.69, 9.17) is 11.6 Å². The van der Waals surface area contributed by atoms with E-state index in [0.29, 0.717) is 10.6 Å². The molecular weight excluding hydrogens is 484 g/mol. The van der Waals surface area contributed by atoms with Gasteiger partial charge in [-0.1, -0.05) is 67.3 Å². The number of ether oxygens (including phenoxy) is 1. The van der Waals surface area contributed by atoms with Gasteiger partial charge in [-0.3, -0.25) is 4.79 Å². The summed E-state index contributed by atoms with van der Waals surface area (Å²) in [5.74, 6) is -0.850. The zero-order valence-corrected chi connectivity index (χ0v) is 20.4. The van der Waals surface area contributed by atoms with Gasteiger partial charge in [0.05, 0.1) is 11.4 Å². The average Bonchev–Trinajstić information content (AvgIpc) is 3.26. The predicted molar refractivity (Wildman–Crippen MR) is 138 cm³/mol. The Balaban J connectivity index is 1.60. The lowest BCUT2D eigenvalue weighted by Gasteiger charge is -2.39. The average molecular weight is 512 g/mol. The minimum Gasteiger partial charge on any atom is -0.435 e. The molecule has 1 amide bonds. The second-order valence-electron chi connectivity index (χ2n) is 9.33. The number of benzene rings is 3. The second kappa shape index (κ2) is 10.3. The molecule has 3 N–H and O–H groups in total. The first kappa shape index (κ1) is 24.4. The molecule has 1 aliphatic carbocycles. The number of anilines is 2. The van der Waals surface area contributed by atoms with Crippen LogP contribution in [-0.2, 0) is 10.5 Å². The van der Waals surface area contributed by atoms with Crippen molar-refractivity contribution in [1.29, 1.82) is 0 Å². The lowest BCUT2D eigenvalue weighted by atomic mass is 9.80. The number of nitrogens with one attached hydrogen (secondary N) is 3. The summed E-state index contributed by atoms with van der Waals surface area (Å²) in [4.78, 5) is 14.1. The fourth-order valence-electron chi connectivity index (χ4n) is 5.30. The molecule has 36 heavy (non-hydrogen) atoms. The molecule has 2 aliphatic rings. The van der Waals surface area contributed by atoms with E-state index in [1.807, 2.05) is 36.4 Å². The van der Waals surface area contributed by atoms with Crippen LogP contribution in [0.1, 0.15) is 49.1 Å². The lowest BCUT2D eigenvalue weighted by Crippen LogP contribution is -2.52. The molecule has 1 fully saturated rings. The Hall–Kier alpha value is -3.32. The topological polar surface area (TPSA) is 62.4 Å². The molecule has 1 atom stereocenters. The molecule has 5 rings (SSSR count). The highest BCUT2D eigenvalue weighted by atomic mass is 35.5. The van der Waals surface area contributed by atoms with E-state index in [1.165, 1.54) is 18.6 Å². The van der Waals surface area contributed by atoms with Gasteiger partial charge in [0.25, 0.3) is 0 Å². The van der Waals surface area contributed by atoms with Gasteiger partial charge in [-0.2, -0.15) is 8.78 Å². The molecule has 0 aromatic heterocycles. The van der Waals surface area contributed by atoms with Crippen molar-refractivity contribution in [2.75, 3.05) is 10.6 Å². The number of fused-ring (bicyclic) bond motifs is 1. The molecule has 5 nitrogen and oxygen atoms in total. The van der Waals surface area contributed by atoms with Gasteiger partial charge in [0.2, 0.25) is 5.91 Å². The maximum Gasteiger partial charge on any atom is 0.387 e.